The van der Waals surface area contributed by atoms with Gasteiger partial charge in [-0.15, -0.1) is 0 Å². The van der Waals surface area contributed by atoms with Gasteiger partial charge in [-0.3, -0.25) is 14.2 Å². The van der Waals surface area contributed by atoms with Gasteiger partial charge in [0.05, 0.1) is 17.2 Å². The Morgan fingerprint density at radius 3 is 2.97 bits per heavy atom. The van der Waals surface area contributed by atoms with Crippen LogP contribution >= 0.6 is 11.8 Å². The largest absolute Gasteiger partial charge is 0.454 e. The molecule has 150 valence electrons. The molecule has 2 aromatic heterocycles. The van der Waals surface area contributed by atoms with E-state index < -0.39 is 0 Å². The minimum Gasteiger partial charge on any atom is -0.454 e. The maximum Gasteiger partial charge on any atom is 0.263 e. The van der Waals surface area contributed by atoms with Gasteiger partial charge in [-0.25, -0.2) is 9.97 Å². The lowest BCUT2D eigenvalue weighted by atomic mass is 10.1. The molecule has 1 aliphatic rings. The molecule has 1 aromatic carbocycles. The Labute approximate surface area is 171 Å². The van der Waals surface area contributed by atoms with E-state index in [-0.39, 0.29) is 30.1 Å². The van der Waals surface area contributed by atoms with Crippen LogP contribution < -0.4 is 20.3 Å². The maximum atomic E-state index is 12.6. The fourth-order valence-corrected chi connectivity index (χ4v) is 3.97. The van der Waals surface area contributed by atoms with Gasteiger partial charge >= 0.3 is 0 Å². The van der Waals surface area contributed by atoms with Crippen LogP contribution in [0.3, 0.4) is 0 Å². The van der Waals surface area contributed by atoms with E-state index in [0.29, 0.717) is 34.2 Å². The molecule has 0 saturated heterocycles. The summed E-state index contributed by atoms with van der Waals surface area (Å²) in [7, 11) is 0. The highest BCUT2D eigenvalue weighted by molar-refractivity contribution is 7.99. The smallest absolute Gasteiger partial charge is 0.263 e. The molecule has 1 N–H and O–H groups in total. The fraction of sp³-hybridized carbons (Fsp3) is 0.300. The van der Waals surface area contributed by atoms with Gasteiger partial charge in [-0.2, -0.15) is 0 Å². The maximum absolute atomic E-state index is 12.6. The van der Waals surface area contributed by atoms with Crippen LogP contribution in [0.15, 0.2) is 46.5 Å². The molecule has 8 nitrogen and oxygen atoms in total. The van der Waals surface area contributed by atoms with Crippen LogP contribution in [0.1, 0.15) is 25.5 Å². The number of hydrogen-bond donors (Lipinski definition) is 1. The minimum absolute atomic E-state index is 0.139. The van der Waals surface area contributed by atoms with Crippen LogP contribution in [0.25, 0.3) is 11.0 Å². The topological polar surface area (TPSA) is 95.3 Å². The molecule has 0 bridgehead atoms. The second-order valence-electron chi connectivity index (χ2n) is 6.51. The van der Waals surface area contributed by atoms with E-state index in [0.717, 1.165) is 5.56 Å². The molecular formula is C20H20N4O4S. The first-order chi connectivity index (χ1) is 14.1. The lowest BCUT2D eigenvalue weighted by molar-refractivity contribution is -0.119. The average Bonchev–Trinajstić information content (AvgIpc) is 3.20. The molecule has 4 rings (SSSR count). The number of pyridine rings is 1. The molecule has 0 spiro atoms. The Balaban J connectivity index is 1.45. The molecule has 1 aliphatic heterocycles. The summed E-state index contributed by atoms with van der Waals surface area (Å²) in [6.07, 6.45) is 1.60. The number of thioether (sulfide) groups is 1. The number of rotatable bonds is 6. The van der Waals surface area contributed by atoms with E-state index in [1.807, 2.05) is 32.0 Å². The number of nitrogens with zero attached hydrogens (tertiary/aromatic N) is 3. The van der Waals surface area contributed by atoms with Crippen molar-refractivity contribution in [2.75, 3.05) is 12.5 Å². The summed E-state index contributed by atoms with van der Waals surface area (Å²) in [4.78, 5) is 33.7. The van der Waals surface area contributed by atoms with E-state index >= 15 is 0 Å². The summed E-state index contributed by atoms with van der Waals surface area (Å²) in [5.74, 6) is 1.37. The van der Waals surface area contributed by atoms with Gasteiger partial charge in [-0.05, 0) is 43.7 Å². The lowest BCUT2D eigenvalue weighted by Gasteiger charge is -2.15. The van der Waals surface area contributed by atoms with Gasteiger partial charge in [0.1, 0.15) is 0 Å². The third-order valence-corrected chi connectivity index (χ3v) is 5.59. The van der Waals surface area contributed by atoms with E-state index in [1.54, 1.807) is 22.9 Å². The molecule has 29 heavy (non-hydrogen) atoms. The van der Waals surface area contributed by atoms with Crippen molar-refractivity contribution < 1.29 is 14.3 Å². The van der Waals surface area contributed by atoms with Gasteiger partial charge in [0.25, 0.3) is 5.56 Å². The number of hydrogen-bond acceptors (Lipinski definition) is 7. The van der Waals surface area contributed by atoms with Crippen LogP contribution in [0.4, 0.5) is 0 Å². The van der Waals surface area contributed by atoms with Crippen LogP contribution in [-0.4, -0.2) is 33.0 Å². The molecular weight excluding hydrogens is 392 g/mol. The van der Waals surface area contributed by atoms with Gasteiger partial charge in [0.15, 0.2) is 22.3 Å². The van der Waals surface area contributed by atoms with Crippen molar-refractivity contribution >= 4 is 28.7 Å². The van der Waals surface area contributed by atoms with Crippen LogP contribution in [0, 0.1) is 0 Å². The first-order valence-electron chi connectivity index (χ1n) is 9.24. The number of carbonyl (C=O) groups excluding carboxylic acids is 1. The summed E-state index contributed by atoms with van der Waals surface area (Å²) in [5.41, 5.74) is 1.16. The lowest BCUT2D eigenvalue weighted by Crippen LogP contribution is -2.29. The summed E-state index contributed by atoms with van der Waals surface area (Å²) >= 11 is 1.22. The van der Waals surface area contributed by atoms with Gasteiger partial charge in [0.2, 0.25) is 12.7 Å². The van der Waals surface area contributed by atoms with Crippen molar-refractivity contribution in [1.82, 2.24) is 19.9 Å². The molecule has 0 aliphatic carbocycles. The van der Waals surface area contributed by atoms with Crippen molar-refractivity contribution in [3.8, 4) is 11.5 Å². The minimum atomic E-state index is -0.197. The number of amides is 1. The van der Waals surface area contributed by atoms with Crippen LogP contribution in [-0.2, 0) is 11.3 Å². The third kappa shape index (κ3) is 3.91. The first-order valence-corrected chi connectivity index (χ1v) is 10.2. The fourth-order valence-electron chi connectivity index (χ4n) is 3.10. The number of fused-ring (bicyclic) bond motifs is 2. The molecule has 1 atom stereocenters. The van der Waals surface area contributed by atoms with Crippen LogP contribution in [0.5, 0.6) is 11.5 Å². The quantitative estimate of drug-likeness (QED) is 0.491. The summed E-state index contributed by atoms with van der Waals surface area (Å²) < 4.78 is 12.3. The molecule has 3 aromatic rings. The number of aromatic nitrogens is 3. The summed E-state index contributed by atoms with van der Waals surface area (Å²) in [6, 6.07) is 8.82. The van der Waals surface area contributed by atoms with Crippen molar-refractivity contribution in [3.63, 3.8) is 0 Å². The monoisotopic (exact) mass is 412 g/mol. The molecule has 1 amide bonds. The third-order valence-electron chi connectivity index (χ3n) is 4.62. The van der Waals surface area contributed by atoms with E-state index in [4.69, 9.17) is 9.47 Å². The van der Waals surface area contributed by atoms with Crippen LogP contribution in [0.2, 0.25) is 0 Å². The van der Waals surface area contributed by atoms with E-state index in [1.165, 1.54) is 11.8 Å². The second-order valence-corrected chi connectivity index (χ2v) is 7.45. The zero-order chi connectivity index (χ0) is 20.4. The normalized spacial score (nSPS) is 13.4. The van der Waals surface area contributed by atoms with E-state index in [2.05, 4.69) is 15.3 Å². The van der Waals surface area contributed by atoms with Gasteiger partial charge in [0, 0.05) is 12.7 Å². The van der Waals surface area contributed by atoms with Crippen molar-refractivity contribution in [2.45, 2.75) is 31.6 Å². The Hall–Kier alpha value is -3.07. The Morgan fingerprint density at radius 2 is 2.14 bits per heavy atom. The Kier molecular flexibility index (Phi) is 5.39. The zero-order valence-corrected chi connectivity index (χ0v) is 16.9. The zero-order valence-electron chi connectivity index (χ0n) is 16.0. The van der Waals surface area contributed by atoms with Gasteiger partial charge in [-0.1, -0.05) is 17.8 Å². The highest BCUT2D eigenvalue weighted by Gasteiger charge is 2.18. The summed E-state index contributed by atoms with van der Waals surface area (Å²) in [5, 5.41) is 3.91. The number of carbonyl (C=O) groups is 1. The average molecular weight is 412 g/mol. The van der Waals surface area contributed by atoms with Crippen molar-refractivity contribution in [3.05, 3.63) is 52.4 Å². The molecule has 0 saturated carbocycles. The molecule has 1 unspecified atom stereocenters. The first kappa shape index (κ1) is 19.3. The van der Waals surface area contributed by atoms with E-state index in [9.17, 15) is 9.59 Å². The standard InChI is InChI=1S/C20H20N4O4S/c1-3-24-19(26)14-5-4-8-21-18(14)23-20(24)29-10-17(25)22-12(2)13-6-7-15-16(9-13)28-11-27-15/h4-9,12H,3,10-11H2,1-2H3,(H,22,25). The molecule has 0 radical (unpaired) electrons. The molecule has 0 fully saturated rings. The van der Waals surface area contributed by atoms with Gasteiger partial charge < -0.3 is 14.8 Å². The predicted molar refractivity (Wildman–Crippen MR) is 109 cm³/mol. The Bertz CT molecular complexity index is 1130. The highest BCUT2D eigenvalue weighted by Crippen LogP contribution is 2.34. The van der Waals surface area contributed by atoms with Crippen molar-refractivity contribution in [2.24, 2.45) is 0 Å². The number of ether oxygens (including phenoxy) is 2. The SMILES string of the molecule is CCn1c(SCC(=O)NC(C)c2ccc3c(c2)OCO3)nc2ncccc2c1=O. The predicted octanol–water partition coefficient (Wildman–Crippen LogP) is 2.51. The molecule has 9 heteroatoms. The Morgan fingerprint density at radius 1 is 1.31 bits per heavy atom. The van der Waals surface area contributed by atoms with Crippen molar-refractivity contribution in [1.29, 1.82) is 0 Å². The molecule has 3 heterocycles. The number of nitrogens with one attached hydrogen (secondary N) is 1. The second kappa shape index (κ2) is 8.12. The number of benzene rings is 1. The highest BCUT2D eigenvalue weighted by atomic mass is 32.2. The summed E-state index contributed by atoms with van der Waals surface area (Å²) in [6.45, 7) is 4.45.